The summed E-state index contributed by atoms with van der Waals surface area (Å²) in [6, 6.07) is 15.8. The molecule has 0 radical (unpaired) electrons. The molecule has 1 amide bonds. The van der Waals surface area contributed by atoms with E-state index in [0.29, 0.717) is 5.56 Å². The van der Waals surface area contributed by atoms with E-state index in [1.165, 1.54) is 11.1 Å². The fourth-order valence-electron chi connectivity index (χ4n) is 2.85. The summed E-state index contributed by atoms with van der Waals surface area (Å²) in [5.41, 5.74) is 6.00. The van der Waals surface area contributed by atoms with Crippen LogP contribution < -0.4 is 5.32 Å². The molecule has 0 saturated carbocycles. The molecule has 0 atom stereocenters. The van der Waals surface area contributed by atoms with E-state index in [0.717, 1.165) is 22.2 Å². The van der Waals surface area contributed by atoms with Crippen molar-refractivity contribution in [2.24, 2.45) is 0 Å². The molecule has 0 aliphatic rings. The molecule has 1 aromatic heterocycles. The summed E-state index contributed by atoms with van der Waals surface area (Å²) in [5.74, 6) is -0.0905. The lowest BCUT2D eigenvalue weighted by molar-refractivity contribution is 0.0964. The summed E-state index contributed by atoms with van der Waals surface area (Å²) >= 11 is 0. The molecule has 3 nitrogen and oxygen atoms in total. The maximum atomic E-state index is 12.0. The van der Waals surface area contributed by atoms with E-state index in [1.54, 1.807) is 7.05 Å². The van der Waals surface area contributed by atoms with Gasteiger partial charge in [0, 0.05) is 23.6 Å². The Labute approximate surface area is 130 Å². The molecule has 0 bridgehead atoms. The largest absolute Gasteiger partial charge is 0.355 e. The fourth-order valence-corrected chi connectivity index (χ4v) is 2.85. The highest BCUT2D eigenvalue weighted by atomic mass is 16.1. The number of carbonyl (C=O) groups excluding carboxylic acids is 1. The van der Waals surface area contributed by atoms with Crippen molar-refractivity contribution in [1.82, 2.24) is 10.3 Å². The van der Waals surface area contributed by atoms with Crippen molar-refractivity contribution >= 4 is 16.8 Å². The second-order valence-corrected chi connectivity index (χ2v) is 5.41. The number of hydrogen-bond donors (Lipinski definition) is 1. The number of aryl methyl sites for hydroxylation is 2. The Morgan fingerprint density at radius 2 is 1.64 bits per heavy atom. The molecule has 2 aromatic carbocycles. The number of pyridine rings is 1. The van der Waals surface area contributed by atoms with Gasteiger partial charge in [0.2, 0.25) is 0 Å². The van der Waals surface area contributed by atoms with E-state index in [4.69, 9.17) is 4.98 Å². The predicted molar refractivity (Wildman–Crippen MR) is 90.0 cm³/mol. The number of aromatic nitrogens is 1. The van der Waals surface area contributed by atoms with Crippen molar-refractivity contribution in [1.29, 1.82) is 0 Å². The van der Waals surface area contributed by atoms with Gasteiger partial charge in [0.25, 0.3) is 5.91 Å². The third kappa shape index (κ3) is 2.35. The first kappa shape index (κ1) is 14.3. The molecule has 1 N–H and O–H groups in total. The van der Waals surface area contributed by atoms with Crippen LogP contribution in [0.15, 0.2) is 48.5 Å². The van der Waals surface area contributed by atoms with Crippen molar-refractivity contribution in [3.05, 3.63) is 65.2 Å². The Balaban J connectivity index is 2.22. The van der Waals surface area contributed by atoms with E-state index in [1.807, 2.05) is 30.3 Å². The van der Waals surface area contributed by atoms with Gasteiger partial charge in [-0.05, 0) is 49.2 Å². The van der Waals surface area contributed by atoms with Crippen LogP contribution in [0.5, 0.6) is 0 Å². The lowest BCUT2D eigenvalue weighted by Gasteiger charge is -2.11. The molecule has 0 aliphatic carbocycles. The Morgan fingerprint density at radius 1 is 0.955 bits per heavy atom. The van der Waals surface area contributed by atoms with Crippen molar-refractivity contribution in [2.75, 3.05) is 7.05 Å². The molecule has 1 heterocycles. The summed E-state index contributed by atoms with van der Waals surface area (Å²) in [7, 11) is 1.64. The molecule has 0 aliphatic heterocycles. The van der Waals surface area contributed by atoms with Gasteiger partial charge in [-0.2, -0.15) is 0 Å². The molecule has 0 fully saturated rings. The van der Waals surface area contributed by atoms with Crippen LogP contribution in [0.25, 0.3) is 22.2 Å². The zero-order valence-electron chi connectivity index (χ0n) is 13.0. The van der Waals surface area contributed by atoms with Gasteiger partial charge in [0.1, 0.15) is 0 Å². The smallest absolute Gasteiger partial charge is 0.251 e. The Morgan fingerprint density at radius 3 is 2.32 bits per heavy atom. The fraction of sp³-hybridized carbons (Fsp3) is 0.158. The van der Waals surface area contributed by atoms with Gasteiger partial charge in [0.05, 0.1) is 11.2 Å². The van der Waals surface area contributed by atoms with Gasteiger partial charge >= 0.3 is 0 Å². The molecule has 3 aromatic rings. The van der Waals surface area contributed by atoms with Crippen LogP contribution in [0.3, 0.4) is 0 Å². The van der Waals surface area contributed by atoms with Crippen LogP contribution in [0.4, 0.5) is 0 Å². The minimum Gasteiger partial charge on any atom is -0.355 e. The monoisotopic (exact) mass is 290 g/mol. The maximum absolute atomic E-state index is 12.0. The lowest BCUT2D eigenvalue weighted by atomic mass is 9.98. The molecule has 0 spiro atoms. The van der Waals surface area contributed by atoms with Crippen LogP contribution in [0.1, 0.15) is 21.5 Å². The van der Waals surface area contributed by atoms with Crippen LogP contribution in [-0.2, 0) is 0 Å². The van der Waals surface area contributed by atoms with E-state index in [-0.39, 0.29) is 5.91 Å². The van der Waals surface area contributed by atoms with Crippen molar-refractivity contribution in [3.63, 3.8) is 0 Å². The first-order chi connectivity index (χ1) is 10.6. The third-order valence-electron chi connectivity index (χ3n) is 3.94. The van der Waals surface area contributed by atoms with Crippen LogP contribution in [-0.4, -0.2) is 17.9 Å². The molecule has 110 valence electrons. The summed E-state index contributed by atoms with van der Waals surface area (Å²) in [6.07, 6.45) is 0. The van der Waals surface area contributed by atoms with Crippen molar-refractivity contribution in [2.45, 2.75) is 13.8 Å². The summed E-state index contributed by atoms with van der Waals surface area (Å²) in [6.45, 7) is 4.18. The van der Waals surface area contributed by atoms with E-state index in [9.17, 15) is 4.79 Å². The zero-order chi connectivity index (χ0) is 15.7. The zero-order valence-corrected chi connectivity index (χ0v) is 13.0. The molecular weight excluding hydrogens is 272 g/mol. The van der Waals surface area contributed by atoms with Gasteiger partial charge in [0.15, 0.2) is 0 Å². The maximum Gasteiger partial charge on any atom is 0.251 e. The van der Waals surface area contributed by atoms with Crippen LogP contribution >= 0.6 is 0 Å². The minimum atomic E-state index is -0.0905. The van der Waals surface area contributed by atoms with Gasteiger partial charge in [-0.15, -0.1) is 0 Å². The number of benzene rings is 2. The number of nitrogens with one attached hydrogen (secondary N) is 1. The highest BCUT2D eigenvalue weighted by molar-refractivity contribution is 6.06. The standard InChI is InChI=1S/C19H18N2O/c1-12-6-4-7-13(2)18(12)17-11-10-14-15(19(22)20-3)8-5-9-16(14)21-17/h4-11H,1-3H3,(H,20,22). The molecule has 3 rings (SSSR count). The SMILES string of the molecule is CNC(=O)c1cccc2nc(-c3c(C)cccc3C)ccc12. The first-order valence-electron chi connectivity index (χ1n) is 7.30. The Kier molecular flexibility index (Phi) is 3.63. The first-order valence-corrected chi connectivity index (χ1v) is 7.30. The Bertz CT molecular complexity index is 848. The molecular formula is C19H18N2O. The summed E-state index contributed by atoms with van der Waals surface area (Å²) in [4.78, 5) is 16.7. The quantitative estimate of drug-likeness (QED) is 0.778. The van der Waals surface area contributed by atoms with Gasteiger partial charge in [-0.3, -0.25) is 4.79 Å². The van der Waals surface area contributed by atoms with Gasteiger partial charge in [-0.1, -0.05) is 24.3 Å². The van der Waals surface area contributed by atoms with Crippen LogP contribution in [0.2, 0.25) is 0 Å². The highest BCUT2D eigenvalue weighted by Crippen LogP contribution is 2.28. The lowest BCUT2D eigenvalue weighted by Crippen LogP contribution is -2.18. The molecule has 0 unspecified atom stereocenters. The molecule has 22 heavy (non-hydrogen) atoms. The number of amides is 1. The van der Waals surface area contributed by atoms with Gasteiger partial charge < -0.3 is 5.32 Å². The number of hydrogen-bond acceptors (Lipinski definition) is 2. The highest BCUT2D eigenvalue weighted by Gasteiger charge is 2.11. The number of fused-ring (bicyclic) bond motifs is 1. The number of carbonyl (C=O) groups is 1. The van der Waals surface area contributed by atoms with E-state index in [2.05, 4.69) is 37.4 Å². The average molecular weight is 290 g/mol. The summed E-state index contributed by atoms with van der Waals surface area (Å²) < 4.78 is 0. The normalized spacial score (nSPS) is 10.7. The number of nitrogens with zero attached hydrogens (tertiary/aromatic N) is 1. The van der Waals surface area contributed by atoms with Crippen LogP contribution in [0, 0.1) is 13.8 Å². The third-order valence-corrected chi connectivity index (χ3v) is 3.94. The Hall–Kier alpha value is -2.68. The van der Waals surface area contributed by atoms with E-state index < -0.39 is 0 Å². The second kappa shape index (κ2) is 5.60. The minimum absolute atomic E-state index is 0.0905. The number of rotatable bonds is 2. The van der Waals surface area contributed by atoms with Gasteiger partial charge in [-0.25, -0.2) is 4.98 Å². The predicted octanol–water partition coefficient (Wildman–Crippen LogP) is 3.88. The van der Waals surface area contributed by atoms with E-state index >= 15 is 0 Å². The van der Waals surface area contributed by atoms with Crippen molar-refractivity contribution < 1.29 is 4.79 Å². The second-order valence-electron chi connectivity index (χ2n) is 5.41. The summed E-state index contributed by atoms with van der Waals surface area (Å²) in [5, 5.41) is 3.54. The molecule has 0 saturated heterocycles. The van der Waals surface area contributed by atoms with Crippen molar-refractivity contribution in [3.8, 4) is 11.3 Å². The topological polar surface area (TPSA) is 42.0 Å². The average Bonchev–Trinajstić information content (AvgIpc) is 2.53. The molecule has 3 heteroatoms.